The highest BCUT2D eigenvalue weighted by Crippen LogP contribution is 2.27. The number of hydrogen-bond acceptors (Lipinski definition) is 1. The third-order valence-electron chi connectivity index (χ3n) is 2.57. The molecule has 0 saturated heterocycles. The predicted octanol–water partition coefficient (Wildman–Crippen LogP) is 3.71. The van der Waals surface area contributed by atoms with Gasteiger partial charge in [-0.15, -0.1) is 0 Å². The van der Waals surface area contributed by atoms with Crippen molar-refractivity contribution in [2.75, 3.05) is 0 Å². The smallest absolute Gasteiger partial charge is 0.251 e. The van der Waals surface area contributed by atoms with Crippen LogP contribution in [0.4, 0.5) is 0 Å². The first-order valence-electron chi connectivity index (χ1n) is 5.13. The van der Waals surface area contributed by atoms with Gasteiger partial charge >= 0.3 is 0 Å². The molecule has 0 unspecified atom stereocenters. The van der Waals surface area contributed by atoms with E-state index in [-0.39, 0.29) is 5.56 Å². The second-order valence-corrected chi connectivity index (χ2v) is 5.23. The first-order chi connectivity index (χ1) is 8.11. The van der Waals surface area contributed by atoms with Crippen molar-refractivity contribution >= 4 is 31.9 Å². The Morgan fingerprint density at radius 2 is 2.06 bits per heavy atom. The van der Waals surface area contributed by atoms with E-state index in [4.69, 9.17) is 0 Å². The number of halogens is 2. The van der Waals surface area contributed by atoms with Crippen LogP contribution in [-0.4, -0.2) is 4.57 Å². The van der Waals surface area contributed by atoms with Gasteiger partial charge < -0.3 is 4.57 Å². The summed E-state index contributed by atoms with van der Waals surface area (Å²) in [6.07, 6.45) is 1.85. The normalized spacial score (nSPS) is 10.5. The number of nitrogens with zero attached hydrogens (tertiary/aromatic N) is 1. The van der Waals surface area contributed by atoms with E-state index in [1.54, 1.807) is 17.7 Å². The molecular formula is C13H11Br2NO. The largest absolute Gasteiger partial charge is 0.318 e. The Morgan fingerprint density at radius 1 is 1.29 bits per heavy atom. The monoisotopic (exact) mass is 355 g/mol. The van der Waals surface area contributed by atoms with Gasteiger partial charge in [-0.25, -0.2) is 0 Å². The minimum Gasteiger partial charge on any atom is -0.318 e. The molecule has 0 aliphatic heterocycles. The summed E-state index contributed by atoms with van der Waals surface area (Å²) in [4.78, 5) is 11.5. The predicted molar refractivity (Wildman–Crippen MR) is 77.5 cm³/mol. The number of aromatic nitrogens is 1. The Bertz CT molecular complexity index is 605. The summed E-state index contributed by atoms with van der Waals surface area (Å²) in [7, 11) is 1.76. The molecule has 0 atom stereocenters. The van der Waals surface area contributed by atoms with Crippen molar-refractivity contribution in [3.05, 3.63) is 56.9 Å². The second-order valence-electron chi connectivity index (χ2n) is 3.82. The highest BCUT2D eigenvalue weighted by molar-refractivity contribution is 9.10. The van der Waals surface area contributed by atoms with Crippen LogP contribution in [0, 0.1) is 0 Å². The van der Waals surface area contributed by atoms with Gasteiger partial charge in [0.1, 0.15) is 0 Å². The molecule has 1 aromatic heterocycles. The Balaban J connectivity index is 2.59. The SMILES string of the molecule is Cn1cc(-c2cccc(CBr)c2)c(Br)cc1=O. The average Bonchev–Trinajstić information content (AvgIpc) is 2.34. The molecule has 2 rings (SSSR count). The molecule has 0 amide bonds. The molecule has 0 bridgehead atoms. The zero-order valence-corrected chi connectivity index (χ0v) is 12.5. The third-order valence-corrected chi connectivity index (χ3v) is 3.87. The Morgan fingerprint density at radius 3 is 2.76 bits per heavy atom. The van der Waals surface area contributed by atoms with Crippen LogP contribution >= 0.6 is 31.9 Å². The highest BCUT2D eigenvalue weighted by atomic mass is 79.9. The summed E-state index contributed by atoms with van der Waals surface area (Å²) < 4.78 is 2.41. The summed E-state index contributed by atoms with van der Waals surface area (Å²) in [5.74, 6) is 0. The minimum absolute atomic E-state index is 0.0164. The van der Waals surface area contributed by atoms with Gasteiger partial charge in [0.2, 0.25) is 0 Å². The lowest BCUT2D eigenvalue weighted by Crippen LogP contribution is -2.14. The van der Waals surface area contributed by atoms with Gasteiger partial charge in [-0.05, 0) is 27.1 Å². The van der Waals surface area contributed by atoms with Crippen LogP contribution in [-0.2, 0) is 12.4 Å². The van der Waals surface area contributed by atoms with Crippen molar-refractivity contribution in [1.29, 1.82) is 0 Å². The maximum Gasteiger partial charge on any atom is 0.251 e. The van der Waals surface area contributed by atoms with E-state index in [1.165, 1.54) is 5.56 Å². The summed E-state index contributed by atoms with van der Waals surface area (Å²) >= 11 is 6.88. The number of rotatable bonds is 2. The quantitative estimate of drug-likeness (QED) is 0.752. The average molecular weight is 357 g/mol. The van der Waals surface area contributed by atoms with E-state index in [9.17, 15) is 4.79 Å². The molecule has 0 aliphatic carbocycles. The first kappa shape index (κ1) is 12.6. The molecule has 17 heavy (non-hydrogen) atoms. The maximum absolute atomic E-state index is 11.5. The van der Waals surface area contributed by atoms with Crippen molar-refractivity contribution < 1.29 is 0 Å². The molecule has 1 heterocycles. The zero-order valence-electron chi connectivity index (χ0n) is 9.28. The molecule has 0 aliphatic rings. The van der Waals surface area contributed by atoms with Crippen molar-refractivity contribution in [3.8, 4) is 11.1 Å². The van der Waals surface area contributed by atoms with Crippen molar-refractivity contribution in [2.24, 2.45) is 7.05 Å². The van der Waals surface area contributed by atoms with Gasteiger partial charge in [-0.3, -0.25) is 4.79 Å². The lowest BCUT2D eigenvalue weighted by Gasteiger charge is -2.08. The molecule has 0 saturated carbocycles. The summed E-state index contributed by atoms with van der Waals surface area (Å²) in [5, 5.41) is 0.824. The van der Waals surface area contributed by atoms with Crippen LogP contribution in [0.2, 0.25) is 0 Å². The molecule has 88 valence electrons. The topological polar surface area (TPSA) is 22.0 Å². The molecule has 0 N–H and O–H groups in total. The summed E-state index contributed by atoms with van der Waals surface area (Å²) in [6.45, 7) is 0. The van der Waals surface area contributed by atoms with E-state index in [2.05, 4.69) is 44.0 Å². The highest BCUT2D eigenvalue weighted by Gasteiger charge is 2.06. The fourth-order valence-corrected chi connectivity index (χ4v) is 2.52. The minimum atomic E-state index is -0.0164. The second kappa shape index (κ2) is 5.19. The number of aryl methyl sites for hydroxylation is 1. The van der Waals surface area contributed by atoms with Gasteiger partial charge in [0.05, 0.1) is 0 Å². The third kappa shape index (κ3) is 2.69. The summed E-state index contributed by atoms with van der Waals surface area (Å²) in [6, 6.07) is 9.82. The van der Waals surface area contributed by atoms with Gasteiger partial charge in [-0.1, -0.05) is 40.2 Å². The van der Waals surface area contributed by atoms with Crippen molar-refractivity contribution in [2.45, 2.75) is 5.33 Å². The molecule has 1 aromatic carbocycles. The lowest BCUT2D eigenvalue weighted by molar-refractivity contribution is 0.860. The zero-order chi connectivity index (χ0) is 12.4. The Kier molecular flexibility index (Phi) is 3.84. The number of pyridine rings is 1. The van der Waals surface area contributed by atoms with Crippen LogP contribution < -0.4 is 5.56 Å². The van der Waals surface area contributed by atoms with Crippen molar-refractivity contribution in [1.82, 2.24) is 4.57 Å². The van der Waals surface area contributed by atoms with Gasteiger partial charge in [-0.2, -0.15) is 0 Å². The van der Waals surface area contributed by atoms with Gasteiger partial charge in [0.25, 0.3) is 5.56 Å². The van der Waals surface area contributed by atoms with E-state index >= 15 is 0 Å². The van der Waals surface area contributed by atoms with Crippen molar-refractivity contribution in [3.63, 3.8) is 0 Å². The van der Waals surface area contributed by atoms with E-state index < -0.39 is 0 Å². The fraction of sp³-hybridized carbons (Fsp3) is 0.154. The van der Waals surface area contributed by atoms with E-state index in [0.29, 0.717) is 0 Å². The van der Waals surface area contributed by atoms with Gasteiger partial charge in [0.15, 0.2) is 0 Å². The molecule has 2 nitrogen and oxygen atoms in total. The molecular weight excluding hydrogens is 346 g/mol. The first-order valence-corrected chi connectivity index (χ1v) is 7.04. The molecule has 2 aromatic rings. The van der Waals surface area contributed by atoms with Crippen LogP contribution in [0.5, 0.6) is 0 Å². The van der Waals surface area contributed by atoms with E-state index in [1.807, 2.05) is 18.3 Å². The van der Waals surface area contributed by atoms with Gasteiger partial charge in [0, 0.05) is 34.7 Å². The Labute approximate surface area is 117 Å². The van der Waals surface area contributed by atoms with Crippen LogP contribution in [0.25, 0.3) is 11.1 Å². The number of hydrogen-bond donors (Lipinski definition) is 0. The summed E-state index contributed by atoms with van der Waals surface area (Å²) in [5.41, 5.74) is 3.32. The molecule has 0 fully saturated rings. The molecule has 4 heteroatoms. The van der Waals surface area contributed by atoms with E-state index in [0.717, 1.165) is 20.9 Å². The lowest BCUT2D eigenvalue weighted by atomic mass is 10.1. The number of benzene rings is 1. The fourth-order valence-electron chi connectivity index (χ4n) is 1.64. The standard InChI is InChI=1S/C13H11Br2NO/c1-16-8-11(12(15)6-13(16)17)10-4-2-3-9(5-10)7-14/h2-6,8H,7H2,1H3. The van der Waals surface area contributed by atoms with Crippen LogP contribution in [0.1, 0.15) is 5.56 Å². The molecule has 0 radical (unpaired) electrons. The molecule has 0 spiro atoms. The Hall–Kier alpha value is -0.870. The van der Waals surface area contributed by atoms with Crippen LogP contribution in [0.3, 0.4) is 0 Å². The maximum atomic E-state index is 11.5. The number of alkyl halides is 1. The van der Waals surface area contributed by atoms with Crippen LogP contribution in [0.15, 0.2) is 45.8 Å².